The fraction of sp³-hybridized carbons (Fsp3) is 0.533. The number of rotatable bonds is 5. The monoisotopic (exact) mass is 286 g/mol. The summed E-state index contributed by atoms with van der Waals surface area (Å²) >= 11 is 0. The number of hydrogen-bond acceptors (Lipinski definition) is 5. The molecule has 0 aliphatic carbocycles. The number of anilines is 1. The fourth-order valence-electron chi connectivity index (χ4n) is 2.74. The number of nitrogens with one attached hydrogen (secondary N) is 2. The Bertz CT molecular complexity index is 586. The number of aryl methyl sites for hydroxylation is 2. The first-order chi connectivity index (χ1) is 10.2. The highest BCUT2D eigenvalue weighted by molar-refractivity contribution is 5.35. The van der Waals surface area contributed by atoms with Crippen molar-refractivity contribution in [2.75, 3.05) is 25.0 Å². The lowest BCUT2D eigenvalue weighted by Gasteiger charge is -2.25. The maximum absolute atomic E-state index is 4.46. The van der Waals surface area contributed by atoms with Crippen molar-refractivity contribution >= 4 is 5.82 Å². The van der Waals surface area contributed by atoms with Crippen LogP contribution in [-0.2, 0) is 13.0 Å². The summed E-state index contributed by atoms with van der Waals surface area (Å²) in [4.78, 5) is 8.93. The molecule has 0 aromatic carbocycles. The molecule has 112 valence electrons. The topological polar surface area (TPSA) is 67.7 Å². The minimum absolute atomic E-state index is 0.567. The Hall–Kier alpha value is -1.95. The Morgan fingerprint density at radius 1 is 1.33 bits per heavy atom. The number of fused-ring (bicyclic) bond motifs is 1. The first kappa shape index (κ1) is 14.0. The van der Waals surface area contributed by atoms with Crippen molar-refractivity contribution in [3.63, 3.8) is 0 Å². The summed E-state index contributed by atoms with van der Waals surface area (Å²) in [7, 11) is 0. The van der Waals surface area contributed by atoms with Gasteiger partial charge in [-0.25, -0.2) is 14.6 Å². The molecule has 0 fully saturated rings. The zero-order valence-electron chi connectivity index (χ0n) is 12.6. The highest BCUT2D eigenvalue weighted by Crippen LogP contribution is 2.15. The third kappa shape index (κ3) is 3.58. The molecule has 21 heavy (non-hydrogen) atoms. The molecule has 1 aliphatic heterocycles. The third-order valence-electron chi connectivity index (χ3n) is 3.71. The maximum Gasteiger partial charge on any atom is 0.130 e. The molecule has 2 aromatic rings. The van der Waals surface area contributed by atoms with E-state index in [4.69, 9.17) is 0 Å². The molecule has 0 amide bonds. The summed E-state index contributed by atoms with van der Waals surface area (Å²) in [5.74, 6) is 2.61. The van der Waals surface area contributed by atoms with Gasteiger partial charge < -0.3 is 10.6 Å². The van der Waals surface area contributed by atoms with Crippen LogP contribution >= 0.6 is 0 Å². The van der Waals surface area contributed by atoms with Crippen molar-refractivity contribution in [2.45, 2.75) is 26.8 Å². The van der Waals surface area contributed by atoms with Gasteiger partial charge in [0, 0.05) is 56.0 Å². The Labute approximate surface area is 125 Å². The second kappa shape index (κ2) is 6.22. The fourth-order valence-corrected chi connectivity index (χ4v) is 2.74. The van der Waals surface area contributed by atoms with E-state index in [9.17, 15) is 0 Å². The van der Waals surface area contributed by atoms with Gasteiger partial charge in [0.15, 0.2) is 0 Å². The molecule has 0 spiro atoms. The molecule has 1 atom stereocenters. The number of aromatic nitrogens is 4. The first-order valence-electron chi connectivity index (χ1n) is 7.48. The molecule has 1 unspecified atom stereocenters. The van der Waals surface area contributed by atoms with Crippen LogP contribution in [0.1, 0.15) is 17.2 Å². The van der Waals surface area contributed by atoms with Crippen LogP contribution in [0.15, 0.2) is 18.3 Å². The van der Waals surface area contributed by atoms with Gasteiger partial charge in [-0.15, -0.1) is 0 Å². The molecule has 2 N–H and O–H groups in total. The average molecular weight is 286 g/mol. The van der Waals surface area contributed by atoms with Gasteiger partial charge in [0.1, 0.15) is 11.6 Å². The summed E-state index contributed by atoms with van der Waals surface area (Å²) in [6, 6.07) is 4.02. The van der Waals surface area contributed by atoms with Crippen LogP contribution in [0.5, 0.6) is 0 Å². The van der Waals surface area contributed by atoms with E-state index < -0.39 is 0 Å². The van der Waals surface area contributed by atoms with Crippen molar-refractivity contribution in [2.24, 2.45) is 5.92 Å². The van der Waals surface area contributed by atoms with E-state index in [1.165, 1.54) is 0 Å². The summed E-state index contributed by atoms with van der Waals surface area (Å²) < 4.78 is 2.03. The lowest BCUT2D eigenvalue weighted by molar-refractivity contribution is 0.392. The largest absolute Gasteiger partial charge is 0.370 e. The molecule has 2 aromatic heterocycles. The van der Waals surface area contributed by atoms with E-state index in [2.05, 4.69) is 25.7 Å². The predicted octanol–water partition coefficient (Wildman–Crippen LogP) is 1.16. The summed E-state index contributed by atoms with van der Waals surface area (Å²) in [5, 5.41) is 11.2. The summed E-state index contributed by atoms with van der Waals surface area (Å²) in [6.07, 6.45) is 2.71. The van der Waals surface area contributed by atoms with Crippen molar-refractivity contribution in [1.29, 1.82) is 0 Å². The molecule has 0 saturated heterocycles. The first-order valence-corrected chi connectivity index (χ1v) is 7.48. The normalized spacial score (nSPS) is 17.3. The average Bonchev–Trinajstić information content (AvgIpc) is 2.90. The van der Waals surface area contributed by atoms with E-state index in [1.54, 1.807) is 0 Å². The van der Waals surface area contributed by atoms with Gasteiger partial charge in [0.2, 0.25) is 0 Å². The van der Waals surface area contributed by atoms with Crippen LogP contribution in [0.4, 0.5) is 5.82 Å². The molecule has 0 bridgehead atoms. The van der Waals surface area contributed by atoms with Crippen LogP contribution in [-0.4, -0.2) is 39.4 Å². The third-order valence-corrected chi connectivity index (χ3v) is 3.71. The quantitative estimate of drug-likeness (QED) is 0.808. The second-order valence-electron chi connectivity index (χ2n) is 5.67. The van der Waals surface area contributed by atoms with Crippen molar-refractivity contribution in [1.82, 2.24) is 25.1 Å². The standard InChI is InChI=1S/C15H22N6/c1-11-7-12(2)20-14(19-11)3-5-16-8-13-9-17-15-4-6-18-21(15)10-13/h4,6-7,13,16-17H,3,5,8-10H2,1-2H3. The maximum atomic E-state index is 4.46. The molecular formula is C15H22N6. The second-order valence-corrected chi connectivity index (χ2v) is 5.67. The Morgan fingerprint density at radius 2 is 2.14 bits per heavy atom. The molecule has 0 saturated carbocycles. The lowest BCUT2D eigenvalue weighted by atomic mass is 10.1. The van der Waals surface area contributed by atoms with Crippen LogP contribution in [0.3, 0.4) is 0 Å². The molecule has 6 nitrogen and oxygen atoms in total. The number of nitrogens with zero attached hydrogens (tertiary/aromatic N) is 4. The molecule has 3 heterocycles. The van der Waals surface area contributed by atoms with Crippen LogP contribution < -0.4 is 10.6 Å². The number of hydrogen-bond donors (Lipinski definition) is 2. The Morgan fingerprint density at radius 3 is 2.95 bits per heavy atom. The highest BCUT2D eigenvalue weighted by Gasteiger charge is 2.17. The van der Waals surface area contributed by atoms with Gasteiger partial charge in [-0.1, -0.05) is 0 Å². The predicted molar refractivity (Wildman–Crippen MR) is 82.3 cm³/mol. The molecule has 3 rings (SSSR count). The van der Waals surface area contributed by atoms with Crippen LogP contribution in [0.25, 0.3) is 0 Å². The van der Waals surface area contributed by atoms with Crippen molar-refractivity contribution in [3.8, 4) is 0 Å². The zero-order valence-corrected chi connectivity index (χ0v) is 12.6. The van der Waals surface area contributed by atoms with E-state index in [-0.39, 0.29) is 0 Å². The van der Waals surface area contributed by atoms with Crippen molar-refractivity contribution < 1.29 is 0 Å². The van der Waals surface area contributed by atoms with E-state index in [0.29, 0.717) is 5.92 Å². The smallest absolute Gasteiger partial charge is 0.130 e. The van der Waals surface area contributed by atoms with Gasteiger partial charge >= 0.3 is 0 Å². The minimum atomic E-state index is 0.567. The highest BCUT2D eigenvalue weighted by atomic mass is 15.3. The molecular weight excluding hydrogens is 264 g/mol. The Balaban J connectivity index is 1.43. The van der Waals surface area contributed by atoms with Gasteiger partial charge in [-0.2, -0.15) is 5.10 Å². The summed E-state index contributed by atoms with van der Waals surface area (Å²) in [6.45, 7) is 7.89. The van der Waals surface area contributed by atoms with Gasteiger partial charge in [-0.3, -0.25) is 0 Å². The lowest BCUT2D eigenvalue weighted by Crippen LogP contribution is -2.36. The summed E-state index contributed by atoms with van der Waals surface area (Å²) in [5.41, 5.74) is 2.08. The van der Waals surface area contributed by atoms with E-state index in [0.717, 1.165) is 55.6 Å². The van der Waals surface area contributed by atoms with Crippen molar-refractivity contribution in [3.05, 3.63) is 35.5 Å². The van der Waals surface area contributed by atoms with E-state index in [1.807, 2.05) is 36.9 Å². The molecule has 1 aliphatic rings. The van der Waals surface area contributed by atoms with Gasteiger partial charge in [-0.05, 0) is 19.9 Å². The minimum Gasteiger partial charge on any atom is -0.370 e. The van der Waals surface area contributed by atoms with Gasteiger partial charge in [0.25, 0.3) is 0 Å². The molecule has 6 heteroatoms. The van der Waals surface area contributed by atoms with Crippen LogP contribution in [0.2, 0.25) is 0 Å². The van der Waals surface area contributed by atoms with Gasteiger partial charge in [0.05, 0.1) is 6.20 Å². The Kier molecular flexibility index (Phi) is 4.15. The zero-order chi connectivity index (χ0) is 14.7. The van der Waals surface area contributed by atoms with Crippen LogP contribution in [0, 0.1) is 19.8 Å². The molecule has 0 radical (unpaired) electrons. The SMILES string of the molecule is Cc1cc(C)nc(CCNCC2CNc3ccnn3C2)n1. The van der Waals surface area contributed by atoms with E-state index >= 15 is 0 Å².